The molecule has 104 valence electrons. The minimum absolute atomic E-state index is 0.416. The topological polar surface area (TPSA) is 44.2 Å². The Bertz CT molecular complexity index is 539. The van der Waals surface area contributed by atoms with E-state index in [1.54, 1.807) is 36.9 Å². The number of halogens is 2. The van der Waals surface area contributed by atoms with E-state index in [1.807, 2.05) is 12.2 Å². The normalized spacial score (nSPS) is 10.7. The number of pyridine rings is 2. The first kappa shape index (κ1) is 14.6. The average molecular weight is 311 g/mol. The highest BCUT2D eigenvalue weighted by Gasteiger charge is 1.95. The Morgan fingerprint density at radius 2 is 1.25 bits per heavy atom. The highest BCUT2D eigenvalue weighted by Crippen LogP contribution is 2.15. The highest BCUT2D eigenvalue weighted by atomic mass is 35.5. The van der Waals surface area contributed by atoms with Gasteiger partial charge >= 0.3 is 0 Å². The molecule has 0 unspecified atom stereocenters. The summed E-state index contributed by atoms with van der Waals surface area (Å²) in [7, 11) is 0. The SMILES string of the molecule is Clc1cncc(OC/C=C/COc2cncc(Cl)c2)c1. The van der Waals surface area contributed by atoms with Gasteiger partial charge in [0.25, 0.3) is 0 Å². The fourth-order valence-electron chi connectivity index (χ4n) is 1.37. The Morgan fingerprint density at radius 1 is 0.800 bits per heavy atom. The van der Waals surface area contributed by atoms with E-state index in [4.69, 9.17) is 32.7 Å². The van der Waals surface area contributed by atoms with Crippen molar-refractivity contribution in [3.8, 4) is 11.5 Å². The molecular weight excluding hydrogens is 299 g/mol. The molecule has 0 radical (unpaired) electrons. The second kappa shape index (κ2) is 7.72. The van der Waals surface area contributed by atoms with Crippen molar-refractivity contribution in [2.75, 3.05) is 13.2 Å². The molecule has 0 aliphatic rings. The van der Waals surface area contributed by atoms with Crippen molar-refractivity contribution in [2.24, 2.45) is 0 Å². The van der Waals surface area contributed by atoms with Crippen LogP contribution < -0.4 is 9.47 Å². The summed E-state index contributed by atoms with van der Waals surface area (Å²) in [6, 6.07) is 3.41. The van der Waals surface area contributed by atoms with E-state index >= 15 is 0 Å². The number of ether oxygens (including phenoxy) is 2. The average Bonchev–Trinajstić information content (AvgIpc) is 2.43. The van der Waals surface area contributed by atoms with Crippen molar-refractivity contribution >= 4 is 23.2 Å². The van der Waals surface area contributed by atoms with Crippen LogP contribution in [0.15, 0.2) is 49.1 Å². The van der Waals surface area contributed by atoms with Crippen LogP contribution in [0.5, 0.6) is 11.5 Å². The molecular formula is C14H12Cl2N2O2. The van der Waals surface area contributed by atoms with Crippen molar-refractivity contribution in [3.05, 3.63) is 59.1 Å². The summed E-state index contributed by atoms with van der Waals surface area (Å²) < 4.78 is 10.9. The Labute approximate surface area is 127 Å². The molecule has 2 rings (SSSR count). The third-order valence-corrected chi connectivity index (χ3v) is 2.63. The minimum Gasteiger partial charge on any atom is -0.488 e. The summed E-state index contributed by atoms with van der Waals surface area (Å²) >= 11 is 11.6. The lowest BCUT2D eigenvalue weighted by molar-refractivity contribution is 0.349. The van der Waals surface area contributed by atoms with Gasteiger partial charge in [0.15, 0.2) is 0 Å². The van der Waals surface area contributed by atoms with Crippen molar-refractivity contribution in [3.63, 3.8) is 0 Å². The third-order valence-electron chi connectivity index (χ3n) is 2.22. The maximum Gasteiger partial charge on any atom is 0.139 e. The van der Waals surface area contributed by atoms with Crippen LogP contribution in [0.2, 0.25) is 10.0 Å². The van der Waals surface area contributed by atoms with Gasteiger partial charge in [0.05, 0.1) is 22.4 Å². The van der Waals surface area contributed by atoms with Crippen LogP contribution >= 0.6 is 23.2 Å². The quantitative estimate of drug-likeness (QED) is 0.761. The molecule has 2 aromatic rings. The fourth-order valence-corrected chi connectivity index (χ4v) is 1.70. The summed E-state index contributed by atoms with van der Waals surface area (Å²) in [4.78, 5) is 7.84. The van der Waals surface area contributed by atoms with Crippen LogP contribution in [0, 0.1) is 0 Å². The van der Waals surface area contributed by atoms with Gasteiger partial charge in [0, 0.05) is 24.5 Å². The molecule has 0 saturated carbocycles. The smallest absolute Gasteiger partial charge is 0.139 e. The Morgan fingerprint density at radius 3 is 1.65 bits per heavy atom. The molecule has 6 heteroatoms. The van der Waals surface area contributed by atoms with Crippen molar-refractivity contribution in [1.29, 1.82) is 0 Å². The van der Waals surface area contributed by atoms with Crippen LogP contribution in [-0.2, 0) is 0 Å². The molecule has 0 N–H and O–H groups in total. The van der Waals surface area contributed by atoms with E-state index in [0.717, 1.165) is 0 Å². The van der Waals surface area contributed by atoms with Crippen LogP contribution in [0.25, 0.3) is 0 Å². The zero-order chi connectivity index (χ0) is 14.2. The van der Waals surface area contributed by atoms with Gasteiger partial charge in [0.1, 0.15) is 24.7 Å². The maximum atomic E-state index is 5.79. The number of nitrogens with zero attached hydrogens (tertiary/aromatic N) is 2. The molecule has 0 aliphatic heterocycles. The second-order valence-corrected chi connectivity index (χ2v) is 4.64. The van der Waals surface area contributed by atoms with Crippen molar-refractivity contribution in [1.82, 2.24) is 9.97 Å². The lowest BCUT2D eigenvalue weighted by Gasteiger charge is -2.03. The molecule has 0 atom stereocenters. The van der Waals surface area contributed by atoms with Gasteiger partial charge in [-0.25, -0.2) is 0 Å². The molecule has 4 nitrogen and oxygen atoms in total. The lowest BCUT2D eigenvalue weighted by atomic mass is 10.4. The zero-order valence-electron chi connectivity index (χ0n) is 10.5. The molecule has 2 aromatic heterocycles. The molecule has 2 heterocycles. The minimum atomic E-state index is 0.416. The van der Waals surface area contributed by atoms with Crippen LogP contribution in [0.4, 0.5) is 0 Å². The lowest BCUT2D eigenvalue weighted by Crippen LogP contribution is -1.97. The number of hydrogen-bond acceptors (Lipinski definition) is 4. The molecule has 20 heavy (non-hydrogen) atoms. The van der Waals surface area contributed by atoms with E-state index in [1.165, 1.54) is 0 Å². The van der Waals surface area contributed by atoms with E-state index < -0.39 is 0 Å². The third kappa shape index (κ3) is 5.07. The predicted molar refractivity (Wildman–Crippen MR) is 78.6 cm³/mol. The first-order chi connectivity index (χ1) is 9.74. The number of rotatable bonds is 6. The van der Waals surface area contributed by atoms with E-state index in [0.29, 0.717) is 34.8 Å². The van der Waals surface area contributed by atoms with Gasteiger partial charge < -0.3 is 9.47 Å². The summed E-state index contributed by atoms with van der Waals surface area (Å²) in [6.07, 6.45) is 10.0. The van der Waals surface area contributed by atoms with Crippen LogP contribution in [0.1, 0.15) is 0 Å². The van der Waals surface area contributed by atoms with Crippen molar-refractivity contribution < 1.29 is 9.47 Å². The van der Waals surface area contributed by atoms with Gasteiger partial charge in [-0.05, 0) is 12.2 Å². The Balaban J connectivity index is 1.69. The summed E-state index contributed by atoms with van der Waals surface area (Å²) in [6.45, 7) is 0.832. The highest BCUT2D eigenvalue weighted by molar-refractivity contribution is 6.30. The molecule has 0 spiro atoms. The molecule has 0 fully saturated rings. The maximum absolute atomic E-state index is 5.79. The van der Waals surface area contributed by atoms with Crippen LogP contribution in [0.3, 0.4) is 0 Å². The number of hydrogen-bond donors (Lipinski definition) is 0. The first-order valence-corrected chi connectivity index (χ1v) is 6.61. The van der Waals surface area contributed by atoms with E-state index in [9.17, 15) is 0 Å². The summed E-state index contributed by atoms with van der Waals surface area (Å²) in [5, 5.41) is 1.09. The van der Waals surface area contributed by atoms with Gasteiger partial charge in [-0.3, -0.25) is 9.97 Å². The molecule has 0 aromatic carbocycles. The van der Waals surface area contributed by atoms with E-state index in [2.05, 4.69) is 9.97 Å². The summed E-state index contributed by atoms with van der Waals surface area (Å²) in [5.74, 6) is 1.25. The second-order valence-electron chi connectivity index (χ2n) is 3.77. The van der Waals surface area contributed by atoms with Gasteiger partial charge in [-0.2, -0.15) is 0 Å². The Kier molecular flexibility index (Phi) is 5.65. The summed E-state index contributed by atoms with van der Waals surface area (Å²) in [5.41, 5.74) is 0. The zero-order valence-corrected chi connectivity index (χ0v) is 12.0. The predicted octanol–water partition coefficient (Wildman–Crippen LogP) is 3.80. The van der Waals surface area contributed by atoms with Gasteiger partial charge in [-0.1, -0.05) is 23.2 Å². The fraction of sp³-hybridized carbons (Fsp3) is 0.143. The molecule has 0 saturated heterocycles. The molecule has 0 aliphatic carbocycles. The van der Waals surface area contributed by atoms with E-state index in [-0.39, 0.29) is 0 Å². The number of aromatic nitrogens is 2. The molecule has 0 bridgehead atoms. The first-order valence-electron chi connectivity index (χ1n) is 5.86. The van der Waals surface area contributed by atoms with Crippen LogP contribution in [-0.4, -0.2) is 23.2 Å². The largest absolute Gasteiger partial charge is 0.488 e. The molecule has 0 amide bonds. The van der Waals surface area contributed by atoms with Gasteiger partial charge in [0.2, 0.25) is 0 Å². The Hall–Kier alpha value is -1.78. The monoisotopic (exact) mass is 310 g/mol. The van der Waals surface area contributed by atoms with Crippen molar-refractivity contribution in [2.45, 2.75) is 0 Å². The van der Waals surface area contributed by atoms with Gasteiger partial charge in [-0.15, -0.1) is 0 Å². The standard InChI is InChI=1S/C14H12Cl2N2O2/c15-11-5-13(9-17-7-11)19-3-1-2-4-20-14-6-12(16)8-18-10-14/h1-2,5-10H,3-4H2/b2-1+.